The van der Waals surface area contributed by atoms with E-state index in [1.54, 1.807) is 42.5 Å². The first-order valence-electron chi connectivity index (χ1n) is 10.8. The number of sulfonamides is 1. The number of nitrogens with one attached hydrogen (secondary N) is 1. The van der Waals surface area contributed by atoms with E-state index in [0.29, 0.717) is 41.9 Å². The van der Waals surface area contributed by atoms with E-state index in [9.17, 15) is 13.2 Å². The molecule has 35 heavy (non-hydrogen) atoms. The average Bonchev–Trinajstić information content (AvgIpc) is 2.87. The Bertz CT molecular complexity index is 1320. The molecule has 10 heteroatoms. The van der Waals surface area contributed by atoms with Gasteiger partial charge in [-0.2, -0.15) is 0 Å². The largest absolute Gasteiger partial charge is 0.493 e. The first-order valence-corrected chi connectivity index (χ1v) is 12.3. The molecule has 0 unspecified atom stereocenters. The van der Waals surface area contributed by atoms with Crippen LogP contribution in [0.2, 0.25) is 0 Å². The second-order valence-corrected chi connectivity index (χ2v) is 9.63. The van der Waals surface area contributed by atoms with E-state index in [0.717, 1.165) is 9.87 Å². The Hall–Kier alpha value is -3.92. The van der Waals surface area contributed by atoms with Crippen LogP contribution in [-0.2, 0) is 14.8 Å². The number of carbonyl (C=O) groups excluding carboxylic acids is 1. The Morgan fingerprint density at radius 2 is 1.60 bits per heavy atom. The van der Waals surface area contributed by atoms with E-state index in [-0.39, 0.29) is 10.6 Å². The quantitative estimate of drug-likeness (QED) is 0.506. The van der Waals surface area contributed by atoms with Crippen LogP contribution in [0.5, 0.6) is 23.0 Å². The summed E-state index contributed by atoms with van der Waals surface area (Å²) in [5.41, 5.74) is 1.62. The molecule has 0 spiro atoms. The van der Waals surface area contributed by atoms with Crippen LogP contribution in [0.15, 0.2) is 65.6 Å². The van der Waals surface area contributed by atoms with Gasteiger partial charge in [0.15, 0.2) is 23.0 Å². The van der Waals surface area contributed by atoms with Gasteiger partial charge >= 0.3 is 0 Å². The lowest BCUT2D eigenvalue weighted by Crippen LogP contribution is -2.38. The molecule has 0 bridgehead atoms. The number of anilines is 2. The topological polar surface area (TPSA) is 103 Å². The van der Waals surface area contributed by atoms with Gasteiger partial charge in [-0.3, -0.25) is 9.10 Å². The molecular weight excluding hydrogens is 472 g/mol. The first kappa shape index (κ1) is 24.2. The van der Waals surface area contributed by atoms with Crippen molar-refractivity contribution in [1.82, 2.24) is 0 Å². The van der Waals surface area contributed by atoms with E-state index in [4.69, 9.17) is 18.9 Å². The summed E-state index contributed by atoms with van der Waals surface area (Å²) in [7, 11) is -1.15. The van der Waals surface area contributed by atoms with Gasteiger partial charge in [-0.05, 0) is 43.3 Å². The molecule has 9 nitrogen and oxygen atoms in total. The molecule has 0 atom stereocenters. The number of fused-ring (bicyclic) bond motifs is 1. The fraction of sp³-hybridized carbons (Fsp3) is 0.240. The van der Waals surface area contributed by atoms with Crippen LogP contribution in [0.25, 0.3) is 0 Å². The number of methoxy groups -OCH3 is 2. The minimum atomic E-state index is -4.09. The zero-order valence-corrected chi connectivity index (χ0v) is 20.4. The average molecular weight is 499 g/mol. The molecule has 1 N–H and O–H groups in total. The van der Waals surface area contributed by atoms with Gasteiger partial charge in [-0.1, -0.05) is 17.7 Å². The fourth-order valence-electron chi connectivity index (χ4n) is 3.58. The Morgan fingerprint density at radius 1 is 0.914 bits per heavy atom. The summed E-state index contributed by atoms with van der Waals surface area (Å²) in [6.45, 7) is 2.26. The maximum atomic E-state index is 13.6. The maximum Gasteiger partial charge on any atom is 0.264 e. The minimum absolute atomic E-state index is 0.0602. The lowest BCUT2D eigenvalue weighted by molar-refractivity contribution is -0.114. The normalized spacial score (nSPS) is 12.5. The van der Waals surface area contributed by atoms with Crippen LogP contribution in [0.1, 0.15) is 5.56 Å². The molecule has 1 heterocycles. The Morgan fingerprint density at radius 3 is 2.29 bits per heavy atom. The predicted molar refractivity (Wildman–Crippen MR) is 131 cm³/mol. The summed E-state index contributed by atoms with van der Waals surface area (Å²) < 4.78 is 49.9. The van der Waals surface area contributed by atoms with Crippen LogP contribution in [0.4, 0.5) is 11.4 Å². The number of carbonyl (C=O) groups is 1. The monoisotopic (exact) mass is 498 g/mol. The number of rotatable bonds is 8. The summed E-state index contributed by atoms with van der Waals surface area (Å²) in [5.74, 6) is 1.33. The van der Waals surface area contributed by atoms with Gasteiger partial charge in [0.1, 0.15) is 19.8 Å². The van der Waals surface area contributed by atoms with Crippen LogP contribution in [0, 0.1) is 6.92 Å². The molecule has 0 fully saturated rings. The second-order valence-electron chi connectivity index (χ2n) is 7.77. The SMILES string of the molecule is COc1ccc(N(CC(=O)Nc2ccc3c(c2)OCCO3)S(=O)(=O)c2ccc(C)cc2)cc1OC. The van der Waals surface area contributed by atoms with Gasteiger partial charge in [0.05, 0.1) is 24.8 Å². The standard InChI is InChI=1S/C25H26N2O7S/c1-17-4-8-20(9-5-17)35(29,30)27(19-7-11-21(31-2)23(15-19)32-3)16-25(28)26-18-6-10-22-24(14-18)34-13-12-33-22/h4-11,14-15H,12-13,16H2,1-3H3,(H,26,28). The van der Waals surface area contributed by atoms with Gasteiger partial charge in [-0.25, -0.2) is 8.42 Å². The molecule has 0 radical (unpaired) electrons. The van der Waals surface area contributed by atoms with Crippen molar-refractivity contribution in [1.29, 1.82) is 0 Å². The van der Waals surface area contributed by atoms with Gasteiger partial charge < -0.3 is 24.3 Å². The molecule has 3 aromatic rings. The molecule has 1 amide bonds. The first-order chi connectivity index (χ1) is 16.8. The van der Waals surface area contributed by atoms with E-state index in [1.165, 1.54) is 32.4 Å². The fourth-order valence-corrected chi connectivity index (χ4v) is 5.00. The number of amides is 1. The summed E-state index contributed by atoms with van der Waals surface area (Å²) in [6, 6.07) is 16.1. The lowest BCUT2D eigenvalue weighted by atomic mass is 10.2. The highest BCUT2D eigenvalue weighted by Gasteiger charge is 2.28. The third-order valence-electron chi connectivity index (χ3n) is 5.38. The zero-order valence-electron chi connectivity index (χ0n) is 19.6. The molecule has 0 aromatic heterocycles. The highest BCUT2D eigenvalue weighted by molar-refractivity contribution is 7.92. The van der Waals surface area contributed by atoms with E-state index >= 15 is 0 Å². The number of hydrogen-bond donors (Lipinski definition) is 1. The van der Waals surface area contributed by atoms with Crippen molar-refractivity contribution >= 4 is 27.3 Å². The van der Waals surface area contributed by atoms with Crippen molar-refractivity contribution in [3.63, 3.8) is 0 Å². The van der Waals surface area contributed by atoms with Crippen molar-refractivity contribution in [3.05, 3.63) is 66.2 Å². The van der Waals surface area contributed by atoms with Gasteiger partial charge in [0.2, 0.25) is 5.91 Å². The molecule has 1 aliphatic heterocycles. The predicted octanol–water partition coefficient (Wildman–Crippen LogP) is 3.62. The number of hydrogen-bond acceptors (Lipinski definition) is 7. The second kappa shape index (κ2) is 10.1. The van der Waals surface area contributed by atoms with Gasteiger partial charge in [0, 0.05) is 17.8 Å². The Kier molecular flexibility index (Phi) is 7.02. The Balaban J connectivity index is 1.66. The summed E-state index contributed by atoms with van der Waals surface area (Å²) in [5, 5.41) is 2.74. The van der Waals surface area contributed by atoms with Crippen LogP contribution >= 0.6 is 0 Å². The smallest absolute Gasteiger partial charge is 0.264 e. The van der Waals surface area contributed by atoms with Crippen LogP contribution < -0.4 is 28.6 Å². The van der Waals surface area contributed by atoms with E-state index < -0.39 is 22.5 Å². The van der Waals surface area contributed by atoms with E-state index in [1.807, 2.05) is 6.92 Å². The number of nitrogens with zero attached hydrogens (tertiary/aromatic N) is 1. The number of benzene rings is 3. The van der Waals surface area contributed by atoms with Crippen molar-refractivity contribution < 1.29 is 32.2 Å². The van der Waals surface area contributed by atoms with Crippen molar-refractivity contribution in [2.45, 2.75) is 11.8 Å². The molecular formula is C25H26N2O7S. The third-order valence-corrected chi connectivity index (χ3v) is 7.17. The molecule has 0 aliphatic carbocycles. The Labute approximate surface area is 204 Å². The van der Waals surface area contributed by atoms with Crippen LogP contribution in [0.3, 0.4) is 0 Å². The summed E-state index contributed by atoms with van der Waals surface area (Å²) >= 11 is 0. The third kappa shape index (κ3) is 5.27. The number of aryl methyl sites for hydroxylation is 1. The minimum Gasteiger partial charge on any atom is -0.493 e. The lowest BCUT2D eigenvalue weighted by Gasteiger charge is -2.25. The van der Waals surface area contributed by atoms with E-state index in [2.05, 4.69) is 5.32 Å². The molecule has 1 aliphatic rings. The molecule has 0 saturated carbocycles. The highest BCUT2D eigenvalue weighted by Crippen LogP contribution is 2.35. The summed E-state index contributed by atoms with van der Waals surface area (Å²) in [6.07, 6.45) is 0. The van der Waals surface area contributed by atoms with Crippen molar-refractivity contribution in [2.75, 3.05) is 43.6 Å². The van der Waals surface area contributed by atoms with Crippen molar-refractivity contribution in [3.8, 4) is 23.0 Å². The van der Waals surface area contributed by atoms with Gasteiger partial charge in [-0.15, -0.1) is 0 Å². The molecule has 0 saturated heterocycles. The maximum absolute atomic E-state index is 13.6. The highest BCUT2D eigenvalue weighted by atomic mass is 32.2. The zero-order chi connectivity index (χ0) is 25.0. The summed E-state index contributed by atoms with van der Waals surface area (Å²) in [4.78, 5) is 13.1. The molecule has 3 aromatic carbocycles. The molecule has 184 valence electrons. The number of ether oxygens (including phenoxy) is 4. The van der Waals surface area contributed by atoms with Crippen LogP contribution in [-0.4, -0.2) is 48.3 Å². The molecule has 4 rings (SSSR count). The van der Waals surface area contributed by atoms with Crippen molar-refractivity contribution in [2.24, 2.45) is 0 Å². The van der Waals surface area contributed by atoms with Gasteiger partial charge in [0.25, 0.3) is 10.0 Å².